The number of rotatable bonds is 12. The van der Waals surface area contributed by atoms with E-state index in [2.05, 4.69) is 40.5 Å². The lowest BCUT2D eigenvalue weighted by Gasteiger charge is -2.22. The SMILES string of the molecule is Cc1csc(CN(C)C(=O)c2cc(C(=O)NCCCNCc3cncc(C(C)C)c3)cc(N3CCC(O)C3)c2)n1. The van der Waals surface area contributed by atoms with Crippen molar-refractivity contribution in [1.82, 2.24) is 25.5 Å². The van der Waals surface area contributed by atoms with Crippen molar-refractivity contribution in [3.8, 4) is 0 Å². The molecule has 0 aliphatic carbocycles. The van der Waals surface area contributed by atoms with E-state index in [1.165, 1.54) is 16.9 Å². The summed E-state index contributed by atoms with van der Waals surface area (Å²) in [7, 11) is 1.74. The second kappa shape index (κ2) is 13.8. The van der Waals surface area contributed by atoms with Gasteiger partial charge in [0, 0.05) is 73.5 Å². The second-order valence-corrected chi connectivity index (χ2v) is 11.7. The first-order valence-corrected chi connectivity index (χ1v) is 14.7. The zero-order valence-electron chi connectivity index (χ0n) is 23.8. The van der Waals surface area contributed by atoms with Crippen molar-refractivity contribution in [1.29, 1.82) is 0 Å². The molecule has 9 nitrogen and oxygen atoms in total. The molecule has 1 atom stereocenters. The van der Waals surface area contributed by atoms with Gasteiger partial charge in [-0.05, 0) is 61.6 Å². The summed E-state index contributed by atoms with van der Waals surface area (Å²) in [4.78, 5) is 38.9. The summed E-state index contributed by atoms with van der Waals surface area (Å²) < 4.78 is 0. The van der Waals surface area contributed by atoms with Crippen molar-refractivity contribution >= 4 is 28.8 Å². The maximum Gasteiger partial charge on any atom is 0.254 e. The number of aromatic nitrogens is 2. The van der Waals surface area contributed by atoms with Gasteiger partial charge in [-0.2, -0.15) is 0 Å². The maximum absolute atomic E-state index is 13.4. The van der Waals surface area contributed by atoms with E-state index >= 15 is 0 Å². The van der Waals surface area contributed by atoms with E-state index in [1.807, 2.05) is 35.7 Å². The predicted molar refractivity (Wildman–Crippen MR) is 159 cm³/mol. The number of aliphatic hydroxyl groups excluding tert-OH is 1. The largest absolute Gasteiger partial charge is 0.391 e. The number of carbonyl (C=O) groups excluding carboxylic acids is 2. The molecule has 3 heterocycles. The van der Waals surface area contributed by atoms with Crippen molar-refractivity contribution < 1.29 is 14.7 Å². The Balaban J connectivity index is 1.36. The smallest absolute Gasteiger partial charge is 0.254 e. The van der Waals surface area contributed by atoms with Crippen LogP contribution in [-0.4, -0.2) is 71.1 Å². The maximum atomic E-state index is 13.4. The molecule has 1 aliphatic rings. The summed E-state index contributed by atoms with van der Waals surface area (Å²) in [6.07, 6.45) is 4.80. The molecule has 1 aliphatic heterocycles. The van der Waals surface area contributed by atoms with Crippen molar-refractivity contribution in [2.75, 3.05) is 38.1 Å². The summed E-state index contributed by atoms with van der Waals surface area (Å²) in [5.41, 5.74) is 4.95. The van der Waals surface area contributed by atoms with Crippen molar-refractivity contribution in [3.63, 3.8) is 0 Å². The van der Waals surface area contributed by atoms with E-state index < -0.39 is 6.10 Å². The lowest BCUT2D eigenvalue weighted by atomic mass is 10.0. The molecule has 1 fully saturated rings. The molecule has 0 radical (unpaired) electrons. The fraction of sp³-hybridized carbons (Fsp3) is 0.467. The second-order valence-electron chi connectivity index (χ2n) is 10.8. The van der Waals surface area contributed by atoms with Crippen LogP contribution in [0.1, 0.15) is 75.2 Å². The number of aliphatic hydroxyl groups is 1. The predicted octanol–water partition coefficient (Wildman–Crippen LogP) is 3.72. The molecule has 0 bridgehead atoms. The molecule has 4 rings (SSSR count). The molecule has 2 amide bonds. The molecule has 10 heteroatoms. The Morgan fingerprint density at radius 2 is 1.98 bits per heavy atom. The number of β-amino-alcohol motifs (C(OH)–C–C–N with tert-alkyl or cyclic N) is 1. The van der Waals surface area contributed by atoms with Crippen LogP contribution in [0.3, 0.4) is 0 Å². The summed E-state index contributed by atoms with van der Waals surface area (Å²) in [6.45, 7) is 9.78. The number of hydrogen-bond donors (Lipinski definition) is 3. The highest BCUT2D eigenvalue weighted by Gasteiger charge is 2.24. The number of benzene rings is 1. The minimum absolute atomic E-state index is 0.177. The first kappa shape index (κ1) is 29.6. The Morgan fingerprint density at radius 1 is 1.18 bits per heavy atom. The molecule has 0 saturated carbocycles. The van der Waals surface area contributed by atoms with Crippen LogP contribution in [0.2, 0.25) is 0 Å². The fourth-order valence-corrected chi connectivity index (χ4v) is 5.49. The van der Waals surface area contributed by atoms with Gasteiger partial charge < -0.3 is 25.5 Å². The molecule has 1 unspecified atom stereocenters. The Hall–Kier alpha value is -3.34. The molecule has 3 N–H and O–H groups in total. The standard InChI is InChI=1S/C30H40N6O3S/c1-20(2)25-10-22(15-32-16-25)14-31-7-5-8-33-29(38)23-11-24(13-26(12-23)36-9-6-27(37)17-36)30(39)35(4)18-28-34-21(3)19-40-28/h10-13,15-16,19-20,27,31,37H,5-9,14,17-18H2,1-4H3,(H,33,38). The lowest BCUT2D eigenvalue weighted by molar-refractivity contribution is 0.0785. The van der Waals surface area contributed by atoms with Gasteiger partial charge in [0.05, 0.1) is 12.6 Å². The van der Waals surface area contributed by atoms with Gasteiger partial charge in [0.1, 0.15) is 5.01 Å². The minimum atomic E-state index is -0.413. The monoisotopic (exact) mass is 564 g/mol. The molecule has 1 aromatic carbocycles. The normalized spacial score (nSPS) is 15.1. The van der Waals surface area contributed by atoms with E-state index in [0.29, 0.717) is 49.6 Å². The van der Waals surface area contributed by atoms with Crippen LogP contribution < -0.4 is 15.5 Å². The number of hydrogen-bond acceptors (Lipinski definition) is 8. The number of nitrogens with zero attached hydrogens (tertiary/aromatic N) is 4. The van der Waals surface area contributed by atoms with E-state index in [0.717, 1.165) is 41.5 Å². The Bertz CT molecular complexity index is 1310. The van der Waals surface area contributed by atoms with E-state index in [9.17, 15) is 14.7 Å². The van der Waals surface area contributed by atoms with Crippen LogP contribution in [-0.2, 0) is 13.1 Å². The van der Waals surface area contributed by atoms with Gasteiger partial charge in [0.2, 0.25) is 0 Å². The number of pyridine rings is 1. The zero-order valence-corrected chi connectivity index (χ0v) is 24.6. The Kier molecular flexibility index (Phi) is 10.2. The van der Waals surface area contributed by atoms with Crippen LogP contribution in [0.25, 0.3) is 0 Å². The number of amides is 2. The quantitative estimate of drug-likeness (QED) is 0.288. The van der Waals surface area contributed by atoms with E-state index in [1.54, 1.807) is 24.1 Å². The highest BCUT2D eigenvalue weighted by Crippen LogP contribution is 2.25. The molecule has 40 heavy (non-hydrogen) atoms. The number of thiazole rings is 1. The van der Waals surface area contributed by atoms with E-state index in [-0.39, 0.29) is 11.8 Å². The third-order valence-electron chi connectivity index (χ3n) is 6.97. The number of carbonyl (C=O) groups is 2. The number of aryl methyl sites for hydroxylation is 1. The van der Waals surface area contributed by atoms with Crippen molar-refractivity contribution in [2.45, 2.75) is 58.7 Å². The van der Waals surface area contributed by atoms with Crippen LogP contribution in [0.5, 0.6) is 0 Å². The van der Waals surface area contributed by atoms with Gasteiger partial charge in [-0.25, -0.2) is 4.98 Å². The summed E-state index contributed by atoms with van der Waals surface area (Å²) in [5.74, 6) is 0.0431. The van der Waals surface area contributed by atoms with Crippen LogP contribution in [0, 0.1) is 6.92 Å². The Labute approximate surface area is 240 Å². The molecular weight excluding hydrogens is 524 g/mol. The lowest BCUT2D eigenvalue weighted by Crippen LogP contribution is -2.30. The van der Waals surface area contributed by atoms with Crippen LogP contribution >= 0.6 is 11.3 Å². The first-order chi connectivity index (χ1) is 19.2. The topological polar surface area (TPSA) is 111 Å². The van der Waals surface area contributed by atoms with E-state index in [4.69, 9.17) is 0 Å². The van der Waals surface area contributed by atoms with Gasteiger partial charge in [0.15, 0.2) is 0 Å². The van der Waals surface area contributed by atoms with Crippen LogP contribution in [0.4, 0.5) is 5.69 Å². The van der Waals surface area contributed by atoms with Gasteiger partial charge in [0.25, 0.3) is 11.8 Å². The molecule has 1 saturated heterocycles. The average Bonchev–Trinajstić information content (AvgIpc) is 3.57. The molecular formula is C30H40N6O3S. The van der Waals surface area contributed by atoms with Gasteiger partial charge >= 0.3 is 0 Å². The van der Waals surface area contributed by atoms with Crippen LogP contribution in [0.15, 0.2) is 42.0 Å². The molecule has 0 spiro atoms. The molecule has 214 valence electrons. The third kappa shape index (κ3) is 8.09. The first-order valence-electron chi connectivity index (χ1n) is 13.9. The van der Waals surface area contributed by atoms with Gasteiger partial charge in [-0.3, -0.25) is 14.6 Å². The van der Waals surface area contributed by atoms with Crippen molar-refractivity contribution in [3.05, 3.63) is 75.0 Å². The summed E-state index contributed by atoms with van der Waals surface area (Å²) >= 11 is 1.52. The van der Waals surface area contributed by atoms with Gasteiger partial charge in [-0.1, -0.05) is 19.9 Å². The fourth-order valence-electron chi connectivity index (χ4n) is 4.67. The average molecular weight is 565 g/mol. The number of nitrogens with one attached hydrogen (secondary N) is 2. The highest BCUT2D eigenvalue weighted by molar-refractivity contribution is 7.09. The highest BCUT2D eigenvalue weighted by atomic mass is 32.1. The third-order valence-corrected chi connectivity index (χ3v) is 7.92. The Morgan fingerprint density at radius 3 is 2.67 bits per heavy atom. The van der Waals surface area contributed by atoms with Gasteiger partial charge in [-0.15, -0.1) is 11.3 Å². The molecule has 2 aromatic heterocycles. The summed E-state index contributed by atoms with van der Waals surface area (Å²) in [5, 5.41) is 19.3. The minimum Gasteiger partial charge on any atom is -0.391 e. The molecule has 3 aromatic rings. The number of anilines is 1. The van der Waals surface area contributed by atoms with Crippen molar-refractivity contribution in [2.24, 2.45) is 0 Å². The zero-order chi connectivity index (χ0) is 28.6. The summed E-state index contributed by atoms with van der Waals surface area (Å²) in [6, 6.07) is 7.45.